The van der Waals surface area contributed by atoms with Crippen molar-refractivity contribution in [3.63, 3.8) is 0 Å². The summed E-state index contributed by atoms with van der Waals surface area (Å²) in [5.41, 5.74) is 0.0186. The fourth-order valence-electron chi connectivity index (χ4n) is 2.14. The van der Waals surface area contributed by atoms with Gasteiger partial charge >= 0.3 is 0 Å². The normalized spacial score (nSPS) is 13.5. The first-order valence-electron chi connectivity index (χ1n) is 7.21. The van der Waals surface area contributed by atoms with Crippen LogP contribution in [0.2, 0.25) is 0 Å². The Morgan fingerprint density at radius 3 is 2.26 bits per heavy atom. The lowest BCUT2D eigenvalue weighted by Crippen LogP contribution is -2.25. The highest BCUT2D eigenvalue weighted by atomic mass is 19.1. The summed E-state index contributed by atoms with van der Waals surface area (Å²) in [6.07, 6.45) is 1.93. The Morgan fingerprint density at radius 1 is 0.957 bits per heavy atom. The minimum Gasteiger partial charge on any atom is -0.349 e. The monoisotopic (exact) mass is 316 g/mol. The molecular weight excluding hydrogens is 302 g/mol. The van der Waals surface area contributed by atoms with Crippen LogP contribution in [0.4, 0.5) is 14.5 Å². The maximum atomic E-state index is 13.6. The lowest BCUT2D eigenvalue weighted by molar-refractivity contribution is 0.0949. The molecule has 0 bridgehead atoms. The van der Waals surface area contributed by atoms with Gasteiger partial charge in [0.2, 0.25) is 0 Å². The van der Waals surface area contributed by atoms with Crippen LogP contribution in [0.1, 0.15) is 33.6 Å². The molecule has 0 aromatic heterocycles. The summed E-state index contributed by atoms with van der Waals surface area (Å²) >= 11 is 0. The number of nitrogens with one attached hydrogen (secondary N) is 2. The number of carbonyl (C=O) groups is 2. The Kier molecular flexibility index (Phi) is 4.06. The molecule has 0 heterocycles. The van der Waals surface area contributed by atoms with Crippen LogP contribution in [0.15, 0.2) is 42.5 Å². The number of hydrogen-bond acceptors (Lipinski definition) is 2. The second-order valence-electron chi connectivity index (χ2n) is 5.38. The van der Waals surface area contributed by atoms with E-state index in [4.69, 9.17) is 0 Å². The molecule has 0 unspecified atom stereocenters. The quantitative estimate of drug-likeness (QED) is 0.910. The van der Waals surface area contributed by atoms with Gasteiger partial charge in [0.1, 0.15) is 17.2 Å². The highest BCUT2D eigenvalue weighted by Crippen LogP contribution is 2.20. The molecule has 1 aliphatic rings. The average Bonchev–Trinajstić information content (AvgIpc) is 3.31. The minimum absolute atomic E-state index is 0.216. The number of benzene rings is 2. The molecule has 0 saturated heterocycles. The van der Waals surface area contributed by atoms with E-state index in [0.717, 1.165) is 25.0 Å². The molecule has 23 heavy (non-hydrogen) atoms. The first-order valence-corrected chi connectivity index (χ1v) is 7.21. The molecule has 0 atom stereocenters. The number of hydrogen-bond donors (Lipinski definition) is 2. The molecule has 0 spiro atoms. The fourth-order valence-corrected chi connectivity index (χ4v) is 2.14. The van der Waals surface area contributed by atoms with E-state index in [1.165, 1.54) is 12.1 Å². The molecule has 2 amide bonds. The molecule has 118 valence electrons. The Bertz CT molecular complexity index is 753. The van der Waals surface area contributed by atoms with Crippen molar-refractivity contribution >= 4 is 17.5 Å². The summed E-state index contributed by atoms with van der Waals surface area (Å²) in [5.74, 6) is -3.02. The molecule has 1 saturated carbocycles. The van der Waals surface area contributed by atoms with Crippen molar-refractivity contribution in [3.05, 3.63) is 65.2 Å². The van der Waals surface area contributed by atoms with Gasteiger partial charge in [-0.2, -0.15) is 0 Å². The molecule has 6 heteroatoms. The Balaban J connectivity index is 1.77. The molecule has 3 rings (SSSR count). The van der Waals surface area contributed by atoms with Crippen molar-refractivity contribution in [3.8, 4) is 0 Å². The highest BCUT2D eigenvalue weighted by molar-refractivity contribution is 6.05. The Hall–Kier alpha value is -2.76. The second-order valence-corrected chi connectivity index (χ2v) is 5.38. The number of rotatable bonds is 4. The van der Waals surface area contributed by atoms with Crippen LogP contribution in [0.25, 0.3) is 0 Å². The molecule has 0 aliphatic heterocycles. The molecule has 4 nitrogen and oxygen atoms in total. The molecule has 0 radical (unpaired) electrons. The third-order valence-electron chi connectivity index (χ3n) is 3.49. The zero-order valence-corrected chi connectivity index (χ0v) is 12.1. The van der Waals surface area contributed by atoms with Crippen molar-refractivity contribution in [2.24, 2.45) is 0 Å². The molecule has 2 N–H and O–H groups in total. The SMILES string of the molecule is O=C(NC1CC1)c1cccc(NC(=O)c2c(F)cccc2F)c1. The van der Waals surface area contributed by atoms with Crippen LogP contribution in [-0.4, -0.2) is 17.9 Å². The minimum atomic E-state index is -0.940. The third kappa shape index (κ3) is 3.53. The maximum absolute atomic E-state index is 13.6. The van der Waals surface area contributed by atoms with Crippen molar-refractivity contribution in [1.29, 1.82) is 0 Å². The van der Waals surface area contributed by atoms with Crippen molar-refractivity contribution < 1.29 is 18.4 Å². The summed E-state index contributed by atoms with van der Waals surface area (Å²) < 4.78 is 27.2. The van der Waals surface area contributed by atoms with E-state index in [1.807, 2.05) is 0 Å². The van der Waals surface area contributed by atoms with Gasteiger partial charge in [0.25, 0.3) is 11.8 Å². The van der Waals surface area contributed by atoms with Crippen LogP contribution in [0.5, 0.6) is 0 Å². The van der Waals surface area contributed by atoms with Gasteiger partial charge in [-0.05, 0) is 43.2 Å². The van der Waals surface area contributed by atoms with Crippen molar-refractivity contribution in [2.45, 2.75) is 18.9 Å². The van der Waals surface area contributed by atoms with Gasteiger partial charge in [0, 0.05) is 17.3 Å². The van der Waals surface area contributed by atoms with Gasteiger partial charge in [-0.15, -0.1) is 0 Å². The lowest BCUT2D eigenvalue weighted by Gasteiger charge is -2.09. The van der Waals surface area contributed by atoms with E-state index in [-0.39, 0.29) is 11.9 Å². The third-order valence-corrected chi connectivity index (χ3v) is 3.49. The average molecular weight is 316 g/mol. The topological polar surface area (TPSA) is 58.2 Å². The van der Waals surface area contributed by atoms with Crippen molar-refractivity contribution in [1.82, 2.24) is 5.32 Å². The van der Waals surface area contributed by atoms with E-state index in [0.29, 0.717) is 11.3 Å². The van der Waals surface area contributed by atoms with Crippen LogP contribution in [0.3, 0.4) is 0 Å². The van der Waals surface area contributed by atoms with E-state index in [2.05, 4.69) is 10.6 Å². The Labute approximate surface area is 131 Å². The van der Waals surface area contributed by atoms with Gasteiger partial charge in [0.05, 0.1) is 0 Å². The smallest absolute Gasteiger partial charge is 0.261 e. The molecule has 1 aliphatic carbocycles. The lowest BCUT2D eigenvalue weighted by atomic mass is 10.1. The molecule has 1 fully saturated rings. The summed E-state index contributed by atoms with van der Waals surface area (Å²) in [5, 5.41) is 5.23. The number of anilines is 1. The summed E-state index contributed by atoms with van der Waals surface area (Å²) in [6, 6.07) is 9.64. The van der Waals surface area contributed by atoms with Gasteiger partial charge in [0.15, 0.2) is 0 Å². The van der Waals surface area contributed by atoms with Gasteiger partial charge < -0.3 is 10.6 Å². The summed E-state index contributed by atoms with van der Waals surface area (Å²) in [4.78, 5) is 24.0. The van der Waals surface area contributed by atoms with E-state index in [1.54, 1.807) is 18.2 Å². The molecule has 2 aromatic carbocycles. The maximum Gasteiger partial charge on any atom is 0.261 e. The Morgan fingerprint density at radius 2 is 1.61 bits per heavy atom. The zero-order chi connectivity index (χ0) is 16.4. The molecule has 2 aromatic rings. The van der Waals surface area contributed by atoms with Gasteiger partial charge in [-0.25, -0.2) is 8.78 Å². The predicted octanol–water partition coefficient (Wildman–Crippen LogP) is 3.11. The first kappa shape index (κ1) is 15.1. The first-order chi connectivity index (χ1) is 11.0. The van der Waals surface area contributed by atoms with Crippen molar-refractivity contribution in [2.75, 3.05) is 5.32 Å². The van der Waals surface area contributed by atoms with Crippen LogP contribution >= 0.6 is 0 Å². The predicted molar refractivity (Wildman–Crippen MR) is 81.2 cm³/mol. The van der Waals surface area contributed by atoms with E-state index >= 15 is 0 Å². The highest BCUT2D eigenvalue weighted by Gasteiger charge is 2.24. The van der Waals surface area contributed by atoms with E-state index in [9.17, 15) is 18.4 Å². The van der Waals surface area contributed by atoms with Crippen LogP contribution in [-0.2, 0) is 0 Å². The number of halogens is 2. The largest absolute Gasteiger partial charge is 0.349 e. The zero-order valence-electron chi connectivity index (χ0n) is 12.1. The summed E-state index contributed by atoms with van der Waals surface area (Å²) in [7, 11) is 0. The van der Waals surface area contributed by atoms with Gasteiger partial charge in [-0.1, -0.05) is 12.1 Å². The standard InChI is InChI=1S/C17H14F2N2O2/c18-13-5-2-6-14(19)15(13)17(23)21-12-4-1-3-10(9-12)16(22)20-11-7-8-11/h1-6,9,11H,7-8H2,(H,20,22)(H,21,23). The number of amides is 2. The fraction of sp³-hybridized carbons (Fsp3) is 0.176. The second kappa shape index (κ2) is 6.16. The number of carbonyl (C=O) groups excluding carboxylic acids is 2. The van der Waals surface area contributed by atoms with Crippen LogP contribution in [0, 0.1) is 11.6 Å². The van der Waals surface area contributed by atoms with Crippen LogP contribution < -0.4 is 10.6 Å². The van der Waals surface area contributed by atoms with Gasteiger partial charge in [-0.3, -0.25) is 9.59 Å². The summed E-state index contributed by atoms with van der Waals surface area (Å²) in [6.45, 7) is 0. The van der Waals surface area contributed by atoms with E-state index < -0.39 is 23.1 Å². The molecular formula is C17H14F2N2O2.